The summed E-state index contributed by atoms with van der Waals surface area (Å²) in [5.41, 5.74) is -0.854. The highest BCUT2D eigenvalue weighted by Gasteiger charge is 2.26. The van der Waals surface area contributed by atoms with Gasteiger partial charge in [-0.25, -0.2) is 17.5 Å². The van der Waals surface area contributed by atoms with Crippen molar-refractivity contribution in [1.29, 1.82) is 0 Å². The molecular weight excluding hydrogens is 267 g/mol. The summed E-state index contributed by atoms with van der Waals surface area (Å²) in [6.45, 7) is 1.05. The first-order chi connectivity index (χ1) is 8.24. The smallest absolute Gasteiger partial charge is 0.292 e. The van der Waals surface area contributed by atoms with Gasteiger partial charge in [0.25, 0.3) is 5.69 Å². The van der Waals surface area contributed by atoms with E-state index in [0.717, 1.165) is 12.1 Å². The molecule has 1 rings (SSSR count). The Morgan fingerprint density at radius 2 is 2.17 bits per heavy atom. The van der Waals surface area contributed by atoms with Gasteiger partial charge >= 0.3 is 0 Å². The monoisotopic (exact) mass is 278 g/mol. The summed E-state index contributed by atoms with van der Waals surface area (Å²) in [5.74, 6) is -0.906. The predicted molar refractivity (Wildman–Crippen MR) is 59.9 cm³/mol. The van der Waals surface area contributed by atoms with E-state index in [1.165, 1.54) is 6.92 Å². The summed E-state index contributed by atoms with van der Waals surface area (Å²) in [7, 11) is -4.17. The molecule has 1 aromatic carbocycles. The number of nitro benzene ring substituents is 1. The van der Waals surface area contributed by atoms with Gasteiger partial charge in [0.1, 0.15) is 5.82 Å². The fraction of sp³-hybridized carbons (Fsp3) is 0.333. The van der Waals surface area contributed by atoms with Crippen LogP contribution in [0.25, 0.3) is 0 Å². The molecule has 0 aromatic heterocycles. The van der Waals surface area contributed by atoms with Crippen LogP contribution in [0.15, 0.2) is 23.1 Å². The molecule has 0 heterocycles. The second kappa shape index (κ2) is 5.38. The number of benzene rings is 1. The van der Waals surface area contributed by atoms with Crippen LogP contribution in [0.2, 0.25) is 0 Å². The van der Waals surface area contributed by atoms with Gasteiger partial charge in [-0.1, -0.05) is 0 Å². The van der Waals surface area contributed by atoms with Crippen LogP contribution in [0.1, 0.15) is 6.92 Å². The number of hydrogen-bond donors (Lipinski definition) is 2. The van der Waals surface area contributed by atoms with Crippen molar-refractivity contribution in [2.75, 3.05) is 6.54 Å². The molecule has 0 radical (unpaired) electrons. The molecule has 0 saturated heterocycles. The number of halogens is 1. The van der Waals surface area contributed by atoms with E-state index in [4.69, 9.17) is 5.11 Å². The van der Waals surface area contributed by atoms with Gasteiger partial charge in [0.15, 0.2) is 4.90 Å². The minimum atomic E-state index is -4.17. The molecule has 0 aliphatic heterocycles. The summed E-state index contributed by atoms with van der Waals surface area (Å²) in [4.78, 5) is 9.03. The lowest BCUT2D eigenvalue weighted by atomic mass is 10.3. The van der Waals surface area contributed by atoms with Crippen LogP contribution < -0.4 is 4.72 Å². The topological polar surface area (TPSA) is 110 Å². The van der Waals surface area contributed by atoms with Crippen molar-refractivity contribution in [3.63, 3.8) is 0 Å². The zero-order chi connectivity index (χ0) is 13.9. The maximum Gasteiger partial charge on any atom is 0.292 e. The normalized spacial score (nSPS) is 13.3. The molecule has 1 unspecified atom stereocenters. The lowest BCUT2D eigenvalue weighted by molar-refractivity contribution is -0.388. The number of nitrogens with zero attached hydrogens (tertiary/aromatic N) is 1. The number of aliphatic hydroxyl groups excluding tert-OH is 1. The third-order valence-electron chi connectivity index (χ3n) is 1.98. The molecule has 18 heavy (non-hydrogen) atoms. The Bertz CT molecular complexity index is 558. The van der Waals surface area contributed by atoms with Crippen molar-refractivity contribution in [3.8, 4) is 0 Å². The number of hydrogen-bond acceptors (Lipinski definition) is 5. The number of sulfonamides is 1. The minimum Gasteiger partial charge on any atom is -0.392 e. The van der Waals surface area contributed by atoms with Crippen molar-refractivity contribution in [2.45, 2.75) is 17.9 Å². The Labute approximate surface area is 102 Å². The Kier molecular flexibility index (Phi) is 4.33. The maximum absolute atomic E-state index is 12.9. The van der Waals surface area contributed by atoms with Gasteiger partial charge in [0.05, 0.1) is 17.1 Å². The van der Waals surface area contributed by atoms with Crippen LogP contribution in [0.3, 0.4) is 0 Å². The average Bonchev–Trinajstić information content (AvgIpc) is 2.26. The summed E-state index contributed by atoms with van der Waals surface area (Å²) < 4.78 is 38.3. The van der Waals surface area contributed by atoms with Crippen molar-refractivity contribution in [1.82, 2.24) is 4.72 Å². The fourth-order valence-electron chi connectivity index (χ4n) is 1.17. The van der Waals surface area contributed by atoms with E-state index in [-0.39, 0.29) is 6.54 Å². The van der Waals surface area contributed by atoms with Gasteiger partial charge < -0.3 is 5.11 Å². The summed E-state index contributed by atoms with van der Waals surface area (Å²) >= 11 is 0. The van der Waals surface area contributed by atoms with E-state index in [2.05, 4.69) is 0 Å². The molecule has 1 atom stereocenters. The highest BCUT2D eigenvalue weighted by atomic mass is 32.2. The van der Waals surface area contributed by atoms with Crippen molar-refractivity contribution >= 4 is 15.7 Å². The second-order valence-corrected chi connectivity index (χ2v) is 5.31. The molecular formula is C9H11FN2O5S. The third kappa shape index (κ3) is 3.45. The lowest BCUT2D eigenvalue weighted by Gasteiger charge is -2.08. The van der Waals surface area contributed by atoms with Gasteiger partial charge in [-0.05, 0) is 19.1 Å². The SMILES string of the molecule is CC(O)CNS(=O)(=O)c1ccc(F)cc1[N+](=O)[O-]. The van der Waals surface area contributed by atoms with Gasteiger partial charge in [-0.3, -0.25) is 10.1 Å². The summed E-state index contributed by atoms with van der Waals surface area (Å²) in [6.07, 6.45) is -0.945. The molecule has 2 N–H and O–H groups in total. The Morgan fingerprint density at radius 1 is 1.56 bits per heavy atom. The van der Waals surface area contributed by atoms with Crippen molar-refractivity contribution in [2.24, 2.45) is 0 Å². The quantitative estimate of drug-likeness (QED) is 0.598. The van der Waals surface area contributed by atoms with Crippen LogP contribution in [0, 0.1) is 15.9 Å². The van der Waals surface area contributed by atoms with Gasteiger partial charge in [-0.2, -0.15) is 0 Å². The van der Waals surface area contributed by atoms with Crippen LogP contribution in [-0.4, -0.2) is 31.1 Å². The third-order valence-corrected chi connectivity index (χ3v) is 3.45. The lowest BCUT2D eigenvalue weighted by Crippen LogP contribution is -2.31. The standard InChI is InChI=1S/C9H11FN2O5S/c1-6(13)5-11-18(16,17)9-3-2-7(10)4-8(9)12(14)15/h2-4,6,11,13H,5H2,1H3. The summed E-state index contributed by atoms with van der Waals surface area (Å²) in [5, 5.41) is 19.6. The molecule has 0 amide bonds. The molecule has 0 saturated carbocycles. The van der Waals surface area contributed by atoms with Crippen molar-refractivity contribution < 1.29 is 22.8 Å². The van der Waals surface area contributed by atoms with E-state index in [1.807, 2.05) is 4.72 Å². The Balaban J connectivity index is 3.20. The molecule has 9 heteroatoms. The minimum absolute atomic E-state index is 0.295. The molecule has 0 aliphatic carbocycles. The van der Waals surface area contributed by atoms with Gasteiger partial charge in [0.2, 0.25) is 10.0 Å². The van der Waals surface area contributed by atoms with E-state index in [9.17, 15) is 22.9 Å². The van der Waals surface area contributed by atoms with Gasteiger partial charge in [0, 0.05) is 6.54 Å². The first-order valence-electron chi connectivity index (χ1n) is 4.85. The second-order valence-electron chi connectivity index (χ2n) is 3.57. The molecule has 1 aromatic rings. The highest BCUT2D eigenvalue weighted by molar-refractivity contribution is 7.89. The van der Waals surface area contributed by atoms with Crippen LogP contribution in [-0.2, 0) is 10.0 Å². The van der Waals surface area contributed by atoms with Crippen LogP contribution in [0.5, 0.6) is 0 Å². The van der Waals surface area contributed by atoms with E-state index in [0.29, 0.717) is 6.07 Å². The molecule has 100 valence electrons. The molecule has 7 nitrogen and oxygen atoms in total. The Hall–Kier alpha value is -1.58. The largest absolute Gasteiger partial charge is 0.392 e. The number of aliphatic hydroxyl groups is 1. The first kappa shape index (κ1) is 14.5. The zero-order valence-corrected chi connectivity index (χ0v) is 10.1. The molecule has 0 bridgehead atoms. The van der Waals surface area contributed by atoms with Gasteiger partial charge in [-0.15, -0.1) is 0 Å². The fourth-order valence-corrected chi connectivity index (χ4v) is 2.44. The number of nitrogens with one attached hydrogen (secondary N) is 1. The van der Waals surface area contributed by atoms with E-state index >= 15 is 0 Å². The van der Waals surface area contributed by atoms with Crippen LogP contribution >= 0.6 is 0 Å². The zero-order valence-electron chi connectivity index (χ0n) is 9.33. The van der Waals surface area contributed by atoms with Crippen LogP contribution in [0.4, 0.5) is 10.1 Å². The molecule has 0 spiro atoms. The highest BCUT2D eigenvalue weighted by Crippen LogP contribution is 2.24. The summed E-state index contributed by atoms with van der Waals surface area (Å²) in [6, 6.07) is 2.14. The molecule has 0 fully saturated rings. The number of rotatable bonds is 5. The maximum atomic E-state index is 12.9. The molecule has 0 aliphatic rings. The average molecular weight is 278 g/mol. The number of nitro groups is 1. The van der Waals surface area contributed by atoms with Crippen molar-refractivity contribution in [3.05, 3.63) is 34.1 Å². The van der Waals surface area contributed by atoms with E-state index < -0.39 is 37.5 Å². The first-order valence-corrected chi connectivity index (χ1v) is 6.34. The predicted octanol–water partition coefficient (Wildman–Crippen LogP) is 0.393. The Morgan fingerprint density at radius 3 is 2.67 bits per heavy atom. The van der Waals surface area contributed by atoms with E-state index in [1.54, 1.807) is 0 Å².